The van der Waals surface area contributed by atoms with E-state index in [0.717, 1.165) is 5.56 Å². The maximum absolute atomic E-state index is 8.95. The number of nitrogens with zero attached hydrogens (tertiary/aromatic N) is 3. The molecule has 0 aliphatic heterocycles. The molecular formula is C14H13N3. The third-order valence-corrected chi connectivity index (χ3v) is 2.12. The first-order valence-electron chi connectivity index (χ1n) is 5.13. The van der Waals surface area contributed by atoms with E-state index in [0.29, 0.717) is 5.57 Å². The molecular weight excluding hydrogens is 210 g/mol. The standard InChI is InChI=1S/C14H13N3/c1-17(2)9-8-14(13(10-15)11-16)12-6-4-3-5-7-12/h3-9H,1-2H3/b9-8+. The first kappa shape index (κ1) is 12.5. The number of rotatable bonds is 3. The van der Waals surface area contributed by atoms with Crippen molar-refractivity contribution in [2.45, 2.75) is 0 Å². The molecule has 1 rings (SSSR count). The van der Waals surface area contributed by atoms with Crippen LogP contribution in [0.15, 0.2) is 48.2 Å². The Morgan fingerprint density at radius 3 is 2.18 bits per heavy atom. The highest BCUT2D eigenvalue weighted by Crippen LogP contribution is 2.19. The molecule has 1 aromatic rings. The van der Waals surface area contributed by atoms with Crippen molar-refractivity contribution in [3.8, 4) is 12.1 Å². The molecule has 0 radical (unpaired) electrons. The van der Waals surface area contributed by atoms with Gasteiger partial charge in [-0.1, -0.05) is 30.3 Å². The molecule has 0 fully saturated rings. The lowest BCUT2D eigenvalue weighted by Crippen LogP contribution is -2.00. The zero-order chi connectivity index (χ0) is 12.7. The second-order valence-electron chi connectivity index (χ2n) is 3.66. The van der Waals surface area contributed by atoms with Gasteiger partial charge in [0.2, 0.25) is 0 Å². The summed E-state index contributed by atoms with van der Waals surface area (Å²) in [4.78, 5) is 1.86. The Morgan fingerprint density at radius 2 is 1.71 bits per heavy atom. The summed E-state index contributed by atoms with van der Waals surface area (Å²) in [6, 6.07) is 13.3. The summed E-state index contributed by atoms with van der Waals surface area (Å²) in [6.07, 6.45) is 3.59. The summed E-state index contributed by atoms with van der Waals surface area (Å²) in [5.41, 5.74) is 1.63. The van der Waals surface area contributed by atoms with Crippen LogP contribution in [0.3, 0.4) is 0 Å². The Labute approximate surface area is 102 Å². The molecule has 3 nitrogen and oxygen atoms in total. The second kappa shape index (κ2) is 6.15. The highest BCUT2D eigenvalue weighted by molar-refractivity contribution is 5.81. The van der Waals surface area contributed by atoms with Gasteiger partial charge in [0, 0.05) is 19.7 Å². The van der Waals surface area contributed by atoms with Gasteiger partial charge in [0.05, 0.1) is 0 Å². The SMILES string of the molecule is CN(C)/C=C/C(=C(C#N)C#N)c1ccccc1. The normalized spacial score (nSPS) is 9.41. The number of nitriles is 2. The monoisotopic (exact) mass is 223 g/mol. The minimum absolute atomic E-state index is 0.120. The molecule has 84 valence electrons. The van der Waals surface area contributed by atoms with E-state index in [1.165, 1.54) is 0 Å². The Balaban J connectivity index is 3.29. The van der Waals surface area contributed by atoms with E-state index < -0.39 is 0 Å². The van der Waals surface area contributed by atoms with Crippen LogP contribution in [-0.4, -0.2) is 19.0 Å². The molecule has 0 atom stereocenters. The minimum atomic E-state index is 0.120. The van der Waals surface area contributed by atoms with Gasteiger partial charge in [0.25, 0.3) is 0 Å². The van der Waals surface area contributed by atoms with Crippen molar-refractivity contribution in [1.82, 2.24) is 4.90 Å². The fourth-order valence-electron chi connectivity index (χ4n) is 1.31. The first-order valence-corrected chi connectivity index (χ1v) is 5.13. The van der Waals surface area contributed by atoms with Gasteiger partial charge in [-0.15, -0.1) is 0 Å². The van der Waals surface area contributed by atoms with Crippen molar-refractivity contribution in [2.24, 2.45) is 0 Å². The molecule has 0 heterocycles. The highest BCUT2D eigenvalue weighted by atomic mass is 15.0. The molecule has 1 aromatic carbocycles. The molecule has 0 aromatic heterocycles. The van der Waals surface area contributed by atoms with Crippen molar-refractivity contribution in [3.05, 3.63) is 53.7 Å². The molecule has 0 aliphatic rings. The van der Waals surface area contributed by atoms with Gasteiger partial charge in [0.15, 0.2) is 0 Å². The number of benzene rings is 1. The maximum atomic E-state index is 8.95. The summed E-state index contributed by atoms with van der Waals surface area (Å²) in [6.45, 7) is 0. The lowest BCUT2D eigenvalue weighted by atomic mass is 10.0. The summed E-state index contributed by atoms with van der Waals surface area (Å²) in [7, 11) is 3.77. The van der Waals surface area contributed by atoms with Gasteiger partial charge in [0.1, 0.15) is 17.7 Å². The van der Waals surface area contributed by atoms with Crippen LogP contribution in [0.25, 0.3) is 5.57 Å². The van der Waals surface area contributed by atoms with Crippen LogP contribution in [0.4, 0.5) is 0 Å². The molecule has 0 spiro atoms. The zero-order valence-corrected chi connectivity index (χ0v) is 9.88. The average Bonchev–Trinajstić information content (AvgIpc) is 2.35. The molecule has 0 aliphatic carbocycles. The summed E-state index contributed by atoms with van der Waals surface area (Å²) >= 11 is 0. The van der Waals surface area contributed by atoms with Crippen LogP contribution < -0.4 is 0 Å². The Hall–Kier alpha value is -2.52. The van der Waals surface area contributed by atoms with E-state index in [1.54, 1.807) is 6.08 Å². The molecule has 0 unspecified atom stereocenters. The van der Waals surface area contributed by atoms with Crippen molar-refractivity contribution in [3.63, 3.8) is 0 Å². The van der Waals surface area contributed by atoms with Crippen LogP contribution in [0, 0.1) is 22.7 Å². The molecule has 0 bridgehead atoms. The van der Waals surface area contributed by atoms with Crippen LogP contribution in [0.2, 0.25) is 0 Å². The molecule has 17 heavy (non-hydrogen) atoms. The third kappa shape index (κ3) is 3.52. The Morgan fingerprint density at radius 1 is 1.12 bits per heavy atom. The lowest BCUT2D eigenvalue weighted by molar-refractivity contribution is 0.564. The Bertz CT molecular complexity index is 495. The maximum Gasteiger partial charge on any atom is 0.137 e. The van der Waals surface area contributed by atoms with Gasteiger partial charge in [-0.05, 0) is 17.8 Å². The molecule has 0 N–H and O–H groups in total. The Kier molecular flexibility index (Phi) is 4.54. The van der Waals surface area contributed by atoms with E-state index in [9.17, 15) is 0 Å². The molecule has 0 amide bonds. The average molecular weight is 223 g/mol. The van der Waals surface area contributed by atoms with Crippen LogP contribution >= 0.6 is 0 Å². The smallest absolute Gasteiger partial charge is 0.137 e. The quantitative estimate of drug-likeness (QED) is 0.584. The van der Waals surface area contributed by atoms with Gasteiger partial charge >= 0.3 is 0 Å². The van der Waals surface area contributed by atoms with Gasteiger partial charge in [-0.2, -0.15) is 10.5 Å². The van der Waals surface area contributed by atoms with E-state index in [2.05, 4.69) is 0 Å². The van der Waals surface area contributed by atoms with E-state index in [4.69, 9.17) is 10.5 Å². The van der Waals surface area contributed by atoms with E-state index in [1.807, 2.05) is 67.7 Å². The second-order valence-corrected chi connectivity index (χ2v) is 3.66. The number of hydrogen-bond donors (Lipinski definition) is 0. The zero-order valence-electron chi connectivity index (χ0n) is 9.88. The van der Waals surface area contributed by atoms with Crippen molar-refractivity contribution >= 4 is 5.57 Å². The molecule has 3 heteroatoms. The van der Waals surface area contributed by atoms with Gasteiger partial charge in [-0.3, -0.25) is 0 Å². The predicted molar refractivity (Wildman–Crippen MR) is 67.4 cm³/mol. The molecule has 0 saturated heterocycles. The highest BCUT2D eigenvalue weighted by Gasteiger charge is 2.05. The summed E-state index contributed by atoms with van der Waals surface area (Å²) < 4.78 is 0. The topological polar surface area (TPSA) is 50.8 Å². The van der Waals surface area contributed by atoms with Crippen LogP contribution in [-0.2, 0) is 0 Å². The van der Waals surface area contributed by atoms with Gasteiger partial charge in [-0.25, -0.2) is 0 Å². The number of hydrogen-bond acceptors (Lipinski definition) is 3. The minimum Gasteiger partial charge on any atom is -0.383 e. The fourth-order valence-corrected chi connectivity index (χ4v) is 1.31. The summed E-state index contributed by atoms with van der Waals surface area (Å²) in [5, 5.41) is 17.9. The molecule has 0 saturated carbocycles. The van der Waals surface area contributed by atoms with Crippen molar-refractivity contribution in [1.29, 1.82) is 10.5 Å². The van der Waals surface area contributed by atoms with Crippen LogP contribution in [0.1, 0.15) is 5.56 Å². The largest absolute Gasteiger partial charge is 0.383 e. The van der Waals surface area contributed by atoms with Crippen molar-refractivity contribution in [2.75, 3.05) is 14.1 Å². The first-order chi connectivity index (χ1) is 8.19. The fraction of sp³-hybridized carbons (Fsp3) is 0.143. The third-order valence-electron chi connectivity index (χ3n) is 2.12. The van der Waals surface area contributed by atoms with E-state index >= 15 is 0 Å². The van der Waals surface area contributed by atoms with Gasteiger partial charge < -0.3 is 4.90 Å². The number of allylic oxidation sites excluding steroid dienone is 3. The van der Waals surface area contributed by atoms with E-state index in [-0.39, 0.29) is 5.57 Å². The predicted octanol–water partition coefficient (Wildman–Crippen LogP) is 2.56. The van der Waals surface area contributed by atoms with Crippen molar-refractivity contribution < 1.29 is 0 Å². The lowest BCUT2D eigenvalue weighted by Gasteiger charge is -2.06. The van der Waals surface area contributed by atoms with Crippen LogP contribution in [0.5, 0.6) is 0 Å². The summed E-state index contributed by atoms with van der Waals surface area (Å²) in [5.74, 6) is 0.